The zero-order valence-electron chi connectivity index (χ0n) is 13.0. The molecule has 1 N–H and O–H groups in total. The van der Waals surface area contributed by atoms with Gasteiger partial charge in [-0.15, -0.1) is 0 Å². The average Bonchev–Trinajstić information content (AvgIpc) is 2.85. The van der Waals surface area contributed by atoms with Crippen molar-refractivity contribution in [3.63, 3.8) is 0 Å². The highest BCUT2D eigenvalue weighted by Crippen LogP contribution is 2.48. The van der Waals surface area contributed by atoms with Crippen molar-refractivity contribution < 1.29 is 0 Å². The van der Waals surface area contributed by atoms with E-state index in [1.54, 1.807) is 0 Å². The van der Waals surface area contributed by atoms with Crippen molar-refractivity contribution in [1.82, 2.24) is 10.2 Å². The van der Waals surface area contributed by atoms with Gasteiger partial charge in [0.25, 0.3) is 0 Å². The van der Waals surface area contributed by atoms with E-state index < -0.39 is 0 Å². The molecule has 106 valence electrons. The van der Waals surface area contributed by atoms with E-state index in [0.29, 0.717) is 11.5 Å². The lowest BCUT2D eigenvalue weighted by Crippen LogP contribution is -2.47. The second kappa shape index (κ2) is 5.50. The molecule has 2 bridgehead atoms. The molecule has 4 atom stereocenters. The number of nitrogens with one attached hydrogen (secondary N) is 1. The maximum Gasteiger partial charge on any atom is 0.0240 e. The van der Waals surface area contributed by atoms with Crippen LogP contribution in [-0.2, 0) is 0 Å². The van der Waals surface area contributed by atoms with Gasteiger partial charge >= 0.3 is 0 Å². The average molecular weight is 252 g/mol. The third-order valence-electron chi connectivity index (χ3n) is 5.32. The Hall–Kier alpha value is -0.0800. The third-order valence-corrected chi connectivity index (χ3v) is 5.32. The standard InChI is InChI=1S/C16H32N2/c1-16(2,3)15(17-4)11-18(5)10-14-9-12-6-7-13(14)8-12/h12-15,17H,6-11H2,1-5H3. The molecule has 0 amide bonds. The summed E-state index contributed by atoms with van der Waals surface area (Å²) in [6.45, 7) is 9.49. The van der Waals surface area contributed by atoms with Crippen molar-refractivity contribution in [1.29, 1.82) is 0 Å². The van der Waals surface area contributed by atoms with Gasteiger partial charge in [0.05, 0.1) is 0 Å². The van der Waals surface area contributed by atoms with Gasteiger partial charge < -0.3 is 10.2 Å². The molecule has 0 aromatic heterocycles. The molecule has 2 rings (SSSR count). The minimum atomic E-state index is 0.345. The highest BCUT2D eigenvalue weighted by molar-refractivity contribution is 4.91. The van der Waals surface area contributed by atoms with Crippen LogP contribution in [0.15, 0.2) is 0 Å². The Bertz CT molecular complexity index is 269. The minimum Gasteiger partial charge on any atom is -0.315 e. The first-order chi connectivity index (χ1) is 8.40. The van der Waals surface area contributed by atoms with Crippen LogP contribution in [0.4, 0.5) is 0 Å². The summed E-state index contributed by atoms with van der Waals surface area (Å²) in [6.07, 6.45) is 6.08. The van der Waals surface area contributed by atoms with Crippen LogP contribution in [0.5, 0.6) is 0 Å². The summed E-state index contributed by atoms with van der Waals surface area (Å²) in [7, 11) is 4.41. The predicted octanol–water partition coefficient (Wildman–Crippen LogP) is 2.99. The zero-order valence-corrected chi connectivity index (χ0v) is 13.0. The number of hydrogen-bond donors (Lipinski definition) is 1. The van der Waals surface area contributed by atoms with Gasteiger partial charge in [0.15, 0.2) is 0 Å². The quantitative estimate of drug-likeness (QED) is 0.809. The van der Waals surface area contributed by atoms with Crippen molar-refractivity contribution >= 4 is 0 Å². The van der Waals surface area contributed by atoms with E-state index in [0.717, 1.165) is 17.8 Å². The third kappa shape index (κ3) is 3.27. The van der Waals surface area contributed by atoms with E-state index in [2.05, 4.69) is 45.1 Å². The van der Waals surface area contributed by atoms with Crippen molar-refractivity contribution in [2.24, 2.45) is 23.2 Å². The Kier molecular flexibility index (Phi) is 4.38. The number of fused-ring (bicyclic) bond motifs is 2. The molecule has 0 spiro atoms. The minimum absolute atomic E-state index is 0.345. The molecule has 4 unspecified atom stereocenters. The van der Waals surface area contributed by atoms with E-state index in [1.807, 2.05) is 0 Å². The van der Waals surface area contributed by atoms with Crippen LogP contribution < -0.4 is 5.32 Å². The molecule has 0 radical (unpaired) electrons. The maximum absolute atomic E-state index is 3.49. The van der Waals surface area contributed by atoms with E-state index in [-0.39, 0.29) is 0 Å². The molecule has 18 heavy (non-hydrogen) atoms. The van der Waals surface area contributed by atoms with Gasteiger partial charge in [-0.3, -0.25) is 0 Å². The fourth-order valence-electron chi connectivity index (χ4n) is 4.18. The summed E-state index contributed by atoms with van der Waals surface area (Å²) in [4.78, 5) is 2.57. The summed E-state index contributed by atoms with van der Waals surface area (Å²) in [6, 6.07) is 0.584. The van der Waals surface area contributed by atoms with Gasteiger partial charge in [0.2, 0.25) is 0 Å². The van der Waals surface area contributed by atoms with Crippen LogP contribution >= 0.6 is 0 Å². The first kappa shape index (κ1) is 14.3. The van der Waals surface area contributed by atoms with Crippen molar-refractivity contribution in [3.8, 4) is 0 Å². The summed E-state index contributed by atoms with van der Waals surface area (Å²) >= 11 is 0. The Labute approximate surface area is 114 Å². The topological polar surface area (TPSA) is 15.3 Å². The molecule has 2 aliphatic carbocycles. The van der Waals surface area contributed by atoms with E-state index >= 15 is 0 Å². The van der Waals surface area contributed by atoms with Gasteiger partial charge in [-0.2, -0.15) is 0 Å². The van der Waals surface area contributed by atoms with Crippen molar-refractivity contribution in [2.75, 3.05) is 27.2 Å². The van der Waals surface area contributed by atoms with Crippen molar-refractivity contribution in [2.45, 2.75) is 52.5 Å². The molecule has 0 aromatic carbocycles. The van der Waals surface area contributed by atoms with E-state index in [9.17, 15) is 0 Å². The Morgan fingerprint density at radius 1 is 1.22 bits per heavy atom. The van der Waals surface area contributed by atoms with Gasteiger partial charge in [0, 0.05) is 19.1 Å². The number of hydrogen-bond acceptors (Lipinski definition) is 2. The van der Waals surface area contributed by atoms with Crippen molar-refractivity contribution in [3.05, 3.63) is 0 Å². The molecule has 2 heteroatoms. The van der Waals surface area contributed by atoms with Gasteiger partial charge in [-0.25, -0.2) is 0 Å². The van der Waals surface area contributed by atoms with E-state index in [4.69, 9.17) is 0 Å². The van der Waals surface area contributed by atoms with E-state index in [1.165, 1.54) is 38.8 Å². The fraction of sp³-hybridized carbons (Fsp3) is 1.00. The lowest BCUT2D eigenvalue weighted by atomic mass is 9.85. The molecule has 0 heterocycles. The molecule has 2 aliphatic rings. The van der Waals surface area contributed by atoms with Gasteiger partial charge in [-0.1, -0.05) is 27.2 Å². The van der Waals surface area contributed by atoms with Crippen LogP contribution in [0, 0.1) is 23.2 Å². The first-order valence-corrected chi connectivity index (χ1v) is 7.76. The second-order valence-corrected chi connectivity index (χ2v) is 7.86. The lowest BCUT2D eigenvalue weighted by molar-refractivity contribution is 0.165. The van der Waals surface area contributed by atoms with Crippen LogP contribution in [0.1, 0.15) is 46.5 Å². The summed E-state index contributed by atoms with van der Waals surface area (Å²) < 4.78 is 0. The van der Waals surface area contributed by atoms with Crippen LogP contribution in [0.3, 0.4) is 0 Å². The highest BCUT2D eigenvalue weighted by atomic mass is 15.1. The number of likely N-dealkylation sites (N-methyl/N-ethyl adjacent to an activating group) is 2. The molecule has 2 saturated carbocycles. The lowest BCUT2D eigenvalue weighted by Gasteiger charge is -2.35. The van der Waals surface area contributed by atoms with Gasteiger partial charge in [-0.05, 0) is 56.5 Å². The number of rotatable bonds is 5. The van der Waals surface area contributed by atoms with Crippen LogP contribution in [0.25, 0.3) is 0 Å². The Morgan fingerprint density at radius 2 is 1.94 bits per heavy atom. The number of nitrogens with zero attached hydrogens (tertiary/aromatic N) is 1. The summed E-state index contributed by atoms with van der Waals surface area (Å²) in [5.74, 6) is 3.13. The van der Waals surface area contributed by atoms with Gasteiger partial charge in [0.1, 0.15) is 0 Å². The molecule has 0 aliphatic heterocycles. The summed E-state index contributed by atoms with van der Waals surface area (Å²) in [5.41, 5.74) is 0.345. The Balaban J connectivity index is 1.79. The summed E-state index contributed by atoms with van der Waals surface area (Å²) in [5, 5.41) is 3.49. The molecule has 0 aromatic rings. The monoisotopic (exact) mass is 252 g/mol. The first-order valence-electron chi connectivity index (χ1n) is 7.76. The maximum atomic E-state index is 3.49. The predicted molar refractivity (Wildman–Crippen MR) is 78.7 cm³/mol. The molecular weight excluding hydrogens is 220 g/mol. The molecule has 0 saturated heterocycles. The zero-order chi connectivity index (χ0) is 13.3. The highest BCUT2D eigenvalue weighted by Gasteiger charge is 2.39. The Morgan fingerprint density at radius 3 is 2.39 bits per heavy atom. The largest absolute Gasteiger partial charge is 0.315 e. The SMILES string of the molecule is CNC(CN(C)CC1CC2CCC1C2)C(C)(C)C. The molecule has 2 fully saturated rings. The van der Waals surface area contributed by atoms with Crippen LogP contribution in [0.2, 0.25) is 0 Å². The molecular formula is C16H32N2. The second-order valence-electron chi connectivity index (χ2n) is 7.86. The molecule has 2 nitrogen and oxygen atoms in total. The van der Waals surface area contributed by atoms with Crippen LogP contribution in [-0.4, -0.2) is 38.1 Å². The smallest absolute Gasteiger partial charge is 0.0240 e. The normalized spacial score (nSPS) is 33.3. The fourth-order valence-corrected chi connectivity index (χ4v) is 4.18.